The topological polar surface area (TPSA) is 60.5 Å². The molecule has 130 valence electrons. The van der Waals surface area contributed by atoms with Gasteiger partial charge < -0.3 is 14.8 Å². The van der Waals surface area contributed by atoms with Crippen LogP contribution in [0.15, 0.2) is 18.5 Å². The minimum Gasteiger partial charge on any atom is -0.490 e. The number of hydrogen-bond donors (Lipinski definition) is 1. The number of amides is 1. The summed E-state index contributed by atoms with van der Waals surface area (Å²) in [6, 6.07) is 1.89. The third-order valence-electron chi connectivity index (χ3n) is 3.24. The second kappa shape index (κ2) is 7.66. The van der Waals surface area contributed by atoms with Gasteiger partial charge in [-0.25, -0.2) is 4.79 Å². The van der Waals surface area contributed by atoms with Crippen LogP contribution in [-0.4, -0.2) is 29.3 Å². The molecule has 0 saturated carbocycles. The number of hydrogen-bond acceptors (Lipinski definition) is 4. The summed E-state index contributed by atoms with van der Waals surface area (Å²) in [6.45, 7) is 14.3. The van der Waals surface area contributed by atoms with Gasteiger partial charge in [-0.05, 0) is 44.2 Å². The maximum absolute atomic E-state index is 11.8. The Morgan fingerprint density at radius 2 is 1.87 bits per heavy atom. The quantitative estimate of drug-likeness (QED) is 0.888. The van der Waals surface area contributed by atoms with Gasteiger partial charge in [0.1, 0.15) is 18.0 Å². The zero-order chi connectivity index (χ0) is 17.7. The van der Waals surface area contributed by atoms with Crippen molar-refractivity contribution in [1.29, 1.82) is 0 Å². The smallest absolute Gasteiger partial charge is 0.407 e. The molecule has 1 atom stereocenters. The van der Waals surface area contributed by atoms with Crippen molar-refractivity contribution in [3.63, 3.8) is 0 Å². The van der Waals surface area contributed by atoms with E-state index in [4.69, 9.17) is 9.47 Å². The van der Waals surface area contributed by atoms with Gasteiger partial charge in [-0.1, -0.05) is 27.7 Å². The molecule has 0 bridgehead atoms. The first-order valence-electron chi connectivity index (χ1n) is 8.09. The van der Waals surface area contributed by atoms with E-state index in [9.17, 15) is 4.79 Å². The monoisotopic (exact) mass is 322 g/mol. The number of aromatic nitrogens is 1. The van der Waals surface area contributed by atoms with Crippen molar-refractivity contribution in [3.05, 3.63) is 24.0 Å². The molecule has 1 aromatic rings. The van der Waals surface area contributed by atoms with Crippen LogP contribution in [0.2, 0.25) is 0 Å². The maximum atomic E-state index is 11.8. The maximum Gasteiger partial charge on any atom is 0.407 e. The van der Waals surface area contributed by atoms with Crippen LogP contribution < -0.4 is 10.1 Å². The molecule has 0 aliphatic heterocycles. The van der Waals surface area contributed by atoms with E-state index < -0.39 is 11.7 Å². The van der Waals surface area contributed by atoms with E-state index in [0.29, 0.717) is 12.4 Å². The zero-order valence-corrected chi connectivity index (χ0v) is 15.4. The van der Waals surface area contributed by atoms with Gasteiger partial charge in [-0.15, -0.1) is 0 Å². The van der Waals surface area contributed by atoms with Crippen LogP contribution in [0.25, 0.3) is 0 Å². The molecule has 0 saturated heterocycles. The van der Waals surface area contributed by atoms with Gasteiger partial charge in [-0.2, -0.15) is 0 Å². The summed E-state index contributed by atoms with van der Waals surface area (Å²) in [4.78, 5) is 16.1. The van der Waals surface area contributed by atoms with Crippen molar-refractivity contribution in [2.24, 2.45) is 0 Å². The van der Waals surface area contributed by atoms with Crippen molar-refractivity contribution < 1.29 is 14.3 Å². The second-order valence-electron chi connectivity index (χ2n) is 7.72. The largest absolute Gasteiger partial charge is 0.490 e. The number of nitrogens with one attached hydrogen (secondary N) is 1. The van der Waals surface area contributed by atoms with Gasteiger partial charge in [-0.3, -0.25) is 4.98 Å². The molecule has 0 aromatic carbocycles. The van der Waals surface area contributed by atoms with E-state index in [-0.39, 0.29) is 11.5 Å². The van der Waals surface area contributed by atoms with Crippen molar-refractivity contribution >= 4 is 6.09 Å². The fourth-order valence-electron chi connectivity index (χ4n) is 1.84. The van der Waals surface area contributed by atoms with Crippen molar-refractivity contribution in [2.75, 3.05) is 6.61 Å². The molecular formula is C18H30N2O3. The highest BCUT2D eigenvalue weighted by Gasteiger charge is 2.19. The molecule has 1 N–H and O–H groups in total. The van der Waals surface area contributed by atoms with Gasteiger partial charge in [0.25, 0.3) is 0 Å². The predicted molar refractivity (Wildman–Crippen MR) is 91.9 cm³/mol. The lowest BCUT2D eigenvalue weighted by Crippen LogP contribution is -2.41. The summed E-state index contributed by atoms with van der Waals surface area (Å²) in [6.07, 6.45) is 3.87. The van der Waals surface area contributed by atoms with Gasteiger partial charge in [0.05, 0.1) is 12.2 Å². The van der Waals surface area contributed by atoms with Gasteiger partial charge in [0, 0.05) is 6.20 Å². The lowest BCUT2D eigenvalue weighted by Gasteiger charge is -2.23. The number of carbonyl (C=O) groups excluding carboxylic acids is 1. The first-order valence-corrected chi connectivity index (χ1v) is 8.09. The molecule has 0 aliphatic carbocycles. The Bertz CT molecular complexity index is 516. The average molecular weight is 322 g/mol. The summed E-state index contributed by atoms with van der Waals surface area (Å²) in [7, 11) is 0. The summed E-state index contributed by atoms with van der Waals surface area (Å²) >= 11 is 0. The Morgan fingerprint density at radius 3 is 2.39 bits per heavy atom. The van der Waals surface area contributed by atoms with E-state index in [1.807, 2.05) is 40.0 Å². The molecule has 0 fully saturated rings. The highest BCUT2D eigenvalue weighted by Crippen LogP contribution is 2.24. The van der Waals surface area contributed by atoms with E-state index in [1.165, 1.54) is 0 Å². The van der Waals surface area contributed by atoms with Crippen LogP contribution in [0.1, 0.15) is 60.5 Å². The zero-order valence-electron chi connectivity index (χ0n) is 15.4. The Balaban J connectivity index is 2.60. The summed E-state index contributed by atoms with van der Waals surface area (Å²) in [5.74, 6) is 0.710. The molecule has 0 unspecified atom stereocenters. The summed E-state index contributed by atoms with van der Waals surface area (Å²) < 4.78 is 11.1. The van der Waals surface area contributed by atoms with E-state index >= 15 is 0 Å². The Hall–Kier alpha value is -1.78. The van der Waals surface area contributed by atoms with E-state index in [2.05, 4.69) is 31.1 Å². The third-order valence-corrected chi connectivity index (χ3v) is 3.24. The SMILES string of the molecule is CC[C@H](COc1cncc(C(C)(C)C)c1)NC(=O)OC(C)(C)C. The number of nitrogens with zero attached hydrogens (tertiary/aromatic N) is 1. The van der Waals surface area contributed by atoms with Gasteiger partial charge >= 0.3 is 6.09 Å². The number of carbonyl (C=O) groups is 1. The fraction of sp³-hybridized carbons (Fsp3) is 0.667. The van der Waals surface area contributed by atoms with E-state index in [0.717, 1.165) is 12.0 Å². The molecule has 5 heteroatoms. The lowest BCUT2D eigenvalue weighted by atomic mass is 9.88. The van der Waals surface area contributed by atoms with Crippen molar-refractivity contribution in [1.82, 2.24) is 10.3 Å². The number of rotatable bonds is 5. The Morgan fingerprint density at radius 1 is 1.22 bits per heavy atom. The van der Waals surface area contributed by atoms with Crippen molar-refractivity contribution in [2.45, 2.75) is 71.9 Å². The predicted octanol–water partition coefficient (Wildman–Crippen LogP) is 4.06. The molecule has 5 nitrogen and oxygen atoms in total. The molecule has 1 amide bonds. The molecule has 0 aliphatic rings. The molecular weight excluding hydrogens is 292 g/mol. The first kappa shape index (κ1) is 19.3. The van der Waals surface area contributed by atoms with Gasteiger partial charge in [0.15, 0.2) is 0 Å². The molecule has 23 heavy (non-hydrogen) atoms. The van der Waals surface area contributed by atoms with Crippen LogP contribution in [-0.2, 0) is 10.2 Å². The average Bonchev–Trinajstić information content (AvgIpc) is 2.40. The minimum absolute atomic E-state index is 0.0191. The van der Waals surface area contributed by atoms with Crippen LogP contribution in [0, 0.1) is 0 Å². The van der Waals surface area contributed by atoms with Gasteiger partial charge in [0.2, 0.25) is 0 Å². The summed E-state index contributed by atoms with van der Waals surface area (Å²) in [5.41, 5.74) is 0.627. The molecule has 1 aromatic heterocycles. The molecule has 1 rings (SSSR count). The van der Waals surface area contributed by atoms with Crippen molar-refractivity contribution in [3.8, 4) is 5.75 Å². The standard InChI is InChI=1S/C18H30N2O3/c1-8-14(20-16(21)23-18(5,6)7)12-22-15-9-13(10-19-11-15)17(2,3)4/h9-11,14H,8,12H2,1-7H3,(H,20,21)/t14-/m1/s1. The Kier molecular flexibility index (Phi) is 6.42. The fourth-order valence-corrected chi connectivity index (χ4v) is 1.84. The van der Waals surface area contributed by atoms with Crippen LogP contribution >= 0.6 is 0 Å². The van der Waals surface area contributed by atoms with Crippen LogP contribution in [0.4, 0.5) is 4.79 Å². The first-order chi connectivity index (χ1) is 10.5. The normalized spacial score (nSPS) is 13.3. The highest BCUT2D eigenvalue weighted by molar-refractivity contribution is 5.68. The third kappa shape index (κ3) is 7.35. The Labute approximate surface area is 139 Å². The highest BCUT2D eigenvalue weighted by atomic mass is 16.6. The lowest BCUT2D eigenvalue weighted by molar-refractivity contribution is 0.0486. The minimum atomic E-state index is -0.506. The van der Waals surface area contributed by atoms with E-state index in [1.54, 1.807) is 6.20 Å². The number of alkyl carbamates (subject to hydrolysis) is 1. The number of pyridine rings is 1. The molecule has 0 spiro atoms. The van der Waals surface area contributed by atoms with Crippen LogP contribution in [0.5, 0.6) is 5.75 Å². The summed E-state index contributed by atoms with van der Waals surface area (Å²) in [5, 5.41) is 2.83. The van der Waals surface area contributed by atoms with Crippen LogP contribution in [0.3, 0.4) is 0 Å². The second-order valence-corrected chi connectivity index (χ2v) is 7.72. The molecule has 1 heterocycles. The number of ether oxygens (including phenoxy) is 2. The molecule has 0 radical (unpaired) electrons.